The number of carbonyl (C=O) groups excluding carboxylic acids is 1. The van der Waals surface area contributed by atoms with Gasteiger partial charge in [0.05, 0.1) is 17.3 Å². The Morgan fingerprint density at radius 2 is 2.11 bits per heavy atom. The standard InChI is InChI=1S/C20H21ClF2N2O2/c1-2-25-8-7-13(11-25)12-27-20(26)24-19-6-4-15(22)10-16(19)14-3-5-18(23)17(21)9-14/h3-6,9-10,13H,2,7-8,11-12H2,1H3,(H,24,26). The average molecular weight is 395 g/mol. The summed E-state index contributed by atoms with van der Waals surface area (Å²) in [6, 6.07) is 8.00. The Hall–Kier alpha value is -2.18. The summed E-state index contributed by atoms with van der Waals surface area (Å²) in [7, 11) is 0. The molecule has 3 rings (SSSR count). The topological polar surface area (TPSA) is 41.6 Å². The molecule has 2 aromatic rings. The zero-order chi connectivity index (χ0) is 19.4. The third kappa shape index (κ3) is 4.96. The van der Waals surface area contributed by atoms with Gasteiger partial charge in [-0.25, -0.2) is 13.6 Å². The first-order valence-electron chi connectivity index (χ1n) is 8.87. The molecule has 144 valence electrons. The van der Waals surface area contributed by atoms with E-state index >= 15 is 0 Å². The van der Waals surface area contributed by atoms with Gasteiger partial charge in [0.25, 0.3) is 0 Å². The number of carbonyl (C=O) groups is 1. The van der Waals surface area contributed by atoms with E-state index in [2.05, 4.69) is 17.1 Å². The van der Waals surface area contributed by atoms with Gasteiger partial charge in [0.2, 0.25) is 0 Å². The number of amides is 1. The van der Waals surface area contributed by atoms with Gasteiger partial charge in [-0.2, -0.15) is 0 Å². The normalized spacial score (nSPS) is 17.1. The molecule has 1 heterocycles. The zero-order valence-electron chi connectivity index (χ0n) is 15.0. The number of anilines is 1. The molecular weight excluding hydrogens is 374 g/mol. The lowest BCUT2D eigenvalue weighted by atomic mass is 10.0. The van der Waals surface area contributed by atoms with Crippen molar-refractivity contribution < 1.29 is 18.3 Å². The SMILES string of the molecule is CCN1CCC(COC(=O)Nc2ccc(F)cc2-c2ccc(F)c(Cl)c2)C1. The predicted molar refractivity (Wildman–Crippen MR) is 102 cm³/mol. The van der Waals surface area contributed by atoms with Gasteiger partial charge in [0.15, 0.2) is 0 Å². The number of halogens is 3. The number of rotatable bonds is 5. The molecule has 1 fully saturated rings. The van der Waals surface area contributed by atoms with Crippen molar-refractivity contribution in [3.05, 3.63) is 53.1 Å². The van der Waals surface area contributed by atoms with Gasteiger partial charge in [-0.05, 0) is 55.4 Å². The number of nitrogens with one attached hydrogen (secondary N) is 1. The van der Waals surface area contributed by atoms with E-state index in [1.54, 1.807) is 0 Å². The van der Waals surface area contributed by atoms with E-state index in [1.807, 2.05) is 0 Å². The molecule has 0 bridgehead atoms. The lowest BCUT2D eigenvalue weighted by Gasteiger charge is -2.15. The molecule has 1 aliphatic rings. The number of benzene rings is 2. The van der Waals surface area contributed by atoms with Gasteiger partial charge in [-0.1, -0.05) is 24.6 Å². The number of hydrogen-bond donors (Lipinski definition) is 1. The maximum absolute atomic E-state index is 13.7. The molecule has 1 amide bonds. The molecule has 27 heavy (non-hydrogen) atoms. The summed E-state index contributed by atoms with van der Waals surface area (Å²) < 4.78 is 32.5. The lowest BCUT2D eigenvalue weighted by Crippen LogP contribution is -2.23. The fourth-order valence-corrected chi connectivity index (χ4v) is 3.38. The highest BCUT2D eigenvalue weighted by Crippen LogP contribution is 2.31. The number of likely N-dealkylation sites (tertiary alicyclic amines) is 1. The van der Waals surface area contributed by atoms with Crippen LogP contribution in [0.1, 0.15) is 13.3 Å². The number of hydrogen-bond acceptors (Lipinski definition) is 3. The van der Waals surface area contributed by atoms with E-state index in [0.29, 0.717) is 29.3 Å². The lowest BCUT2D eigenvalue weighted by molar-refractivity contribution is 0.141. The third-order valence-corrected chi connectivity index (χ3v) is 5.01. The highest BCUT2D eigenvalue weighted by atomic mass is 35.5. The first-order chi connectivity index (χ1) is 13.0. The molecule has 0 saturated carbocycles. The Bertz CT molecular complexity index is 832. The van der Waals surface area contributed by atoms with E-state index in [1.165, 1.54) is 36.4 Å². The highest BCUT2D eigenvalue weighted by Gasteiger charge is 2.22. The molecule has 2 aromatic carbocycles. The Morgan fingerprint density at radius 1 is 1.30 bits per heavy atom. The molecule has 1 N–H and O–H groups in total. The van der Waals surface area contributed by atoms with Crippen LogP contribution in [0.4, 0.5) is 19.3 Å². The molecule has 0 aliphatic carbocycles. The summed E-state index contributed by atoms with van der Waals surface area (Å²) in [5.74, 6) is -0.724. The second-order valence-corrected chi connectivity index (χ2v) is 7.00. The molecule has 1 unspecified atom stereocenters. The minimum Gasteiger partial charge on any atom is -0.449 e. The predicted octanol–water partition coefficient (Wildman–Crippen LogP) is 5.18. The van der Waals surface area contributed by atoms with Crippen molar-refractivity contribution in [1.82, 2.24) is 4.90 Å². The van der Waals surface area contributed by atoms with Crippen LogP contribution in [0.3, 0.4) is 0 Å². The van der Waals surface area contributed by atoms with Crippen LogP contribution in [0, 0.1) is 17.6 Å². The number of ether oxygens (including phenoxy) is 1. The van der Waals surface area contributed by atoms with Crippen LogP contribution in [-0.2, 0) is 4.74 Å². The minimum atomic E-state index is -0.606. The Balaban J connectivity index is 1.69. The average Bonchev–Trinajstić information content (AvgIpc) is 3.12. The zero-order valence-corrected chi connectivity index (χ0v) is 15.7. The van der Waals surface area contributed by atoms with Crippen molar-refractivity contribution in [2.45, 2.75) is 13.3 Å². The van der Waals surface area contributed by atoms with Crippen LogP contribution in [0.25, 0.3) is 11.1 Å². The van der Waals surface area contributed by atoms with Crippen LogP contribution >= 0.6 is 11.6 Å². The van der Waals surface area contributed by atoms with E-state index < -0.39 is 17.7 Å². The van der Waals surface area contributed by atoms with Crippen LogP contribution in [0.5, 0.6) is 0 Å². The van der Waals surface area contributed by atoms with Crippen LogP contribution in [0.15, 0.2) is 36.4 Å². The van der Waals surface area contributed by atoms with E-state index in [9.17, 15) is 13.6 Å². The van der Waals surface area contributed by atoms with Crippen molar-refractivity contribution in [3.8, 4) is 11.1 Å². The van der Waals surface area contributed by atoms with E-state index in [4.69, 9.17) is 16.3 Å². The van der Waals surface area contributed by atoms with Gasteiger partial charge in [-0.3, -0.25) is 5.32 Å². The summed E-state index contributed by atoms with van der Waals surface area (Å²) >= 11 is 5.82. The quantitative estimate of drug-likeness (QED) is 0.760. The Labute approximate surface area is 162 Å². The molecule has 0 spiro atoms. The molecule has 7 heteroatoms. The summed E-state index contributed by atoms with van der Waals surface area (Å²) in [6.45, 7) is 5.36. The fraction of sp³-hybridized carbons (Fsp3) is 0.350. The fourth-order valence-electron chi connectivity index (χ4n) is 3.20. The van der Waals surface area contributed by atoms with E-state index in [0.717, 1.165) is 26.1 Å². The largest absolute Gasteiger partial charge is 0.449 e. The van der Waals surface area contributed by atoms with Crippen molar-refractivity contribution in [2.24, 2.45) is 5.92 Å². The maximum Gasteiger partial charge on any atom is 0.411 e. The summed E-state index contributed by atoms with van der Waals surface area (Å²) in [5, 5.41) is 2.56. The van der Waals surface area contributed by atoms with Crippen LogP contribution in [-0.4, -0.2) is 37.2 Å². The summed E-state index contributed by atoms with van der Waals surface area (Å²) in [6.07, 6.45) is 0.391. The minimum absolute atomic E-state index is 0.0769. The van der Waals surface area contributed by atoms with Crippen molar-refractivity contribution in [3.63, 3.8) is 0 Å². The first kappa shape index (κ1) is 19.6. The van der Waals surface area contributed by atoms with Crippen molar-refractivity contribution in [1.29, 1.82) is 0 Å². The van der Waals surface area contributed by atoms with Gasteiger partial charge in [0, 0.05) is 18.0 Å². The molecule has 1 atom stereocenters. The molecule has 0 aromatic heterocycles. The summed E-state index contributed by atoms with van der Waals surface area (Å²) in [4.78, 5) is 14.5. The molecule has 1 aliphatic heterocycles. The first-order valence-corrected chi connectivity index (χ1v) is 9.25. The molecule has 1 saturated heterocycles. The van der Waals surface area contributed by atoms with Crippen LogP contribution in [0.2, 0.25) is 5.02 Å². The van der Waals surface area contributed by atoms with Gasteiger partial charge in [0.1, 0.15) is 11.6 Å². The molecule has 0 radical (unpaired) electrons. The smallest absolute Gasteiger partial charge is 0.411 e. The van der Waals surface area contributed by atoms with Gasteiger partial charge < -0.3 is 9.64 Å². The van der Waals surface area contributed by atoms with Crippen molar-refractivity contribution in [2.75, 3.05) is 31.6 Å². The highest BCUT2D eigenvalue weighted by molar-refractivity contribution is 6.31. The summed E-state index contributed by atoms with van der Waals surface area (Å²) in [5.41, 5.74) is 1.25. The second-order valence-electron chi connectivity index (χ2n) is 6.59. The third-order valence-electron chi connectivity index (χ3n) is 4.72. The Kier molecular flexibility index (Phi) is 6.29. The maximum atomic E-state index is 13.7. The Morgan fingerprint density at radius 3 is 2.81 bits per heavy atom. The molecular formula is C20H21ClF2N2O2. The molecule has 4 nitrogen and oxygen atoms in total. The number of nitrogens with zero attached hydrogens (tertiary/aromatic N) is 1. The van der Waals surface area contributed by atoms with Gasteiger partial charge >= 0.3 is 6.09 Å². The van der Waals surface area contributed by atoms with Crippen LogP contribution < -0.4 is 5.32 Å². The second kappa shape index (κ2) is 8.67. The van der Waals surface area contributed by atoms with Crippen molar-refractivity contribution >= 4 is 23.4 Å². The van der Waals surface area contributed by atoms with Gasteiger partial charge in [-0.15, -0.1) is 0 Å². The van der Waals surface area contributed by atoms with E-state index in [-0.39, 0.29) is 5.02 Å². The monoisotopic (exact) mass is 394 g/mol.